The normalized spacial score (nSPS) is 25.2. The molecule has 6 heteroatoms. The van der Waals surface area contributed by atoms with Gasteiger partial charge in [0.25, 0.3) is 5.69 Å². The Hall–Kier alpha value is -2.14. The zero-order chi connectivity index (χ0) is 14.0. The number of amides is 1. The molecule has 5 nitrogen and oxygen atoms in total. The molecule has 1 aliphatic carbocycles. The van der Waals surface area contributed by atoms with Crippen molar-refractivity contribution in [3.8, 4) is 0 Å². The second-order valence-electron chi connectivity index (χ2n) is 4.20. The van der Waals surface area contributed by atoms with Crippen LogP contribution >= 0.6 is 11.6 Å². The number of halogens is 1. The van der Waals surface area contributed by atoms with Gasteiger partial charge in [0.05, 0.1) is 10.8 Å². The number of nitro benzene ring substituents is 1. The van der Waals surface area contributed by atoms with E-state index in [0.717, 1.165) is 0 Å². The van der Waals surface area contributed by atoms with E-state index < -0.39 is 21.6 Å². The number of carbonyl (C=O) groups is 1. The Kier molecular flexibility index (Phi) is 3.40. The Morgan fingerprint density at radius 3 is 2.79 bits per heavy atom. The number of hydrogen-bond donors (Lipinski definition) is 1. The molecule has 2 unspecified atom stereocenters. The summed E-state index contributed by atoms with van der Waals surface area (Å²) in [6, 6.07) is 5.89. The zero-order valence-corrected chi connectivity index (χ0v) is 10.6. The van der Waals surface area contributed by atoms with E-state index >= 15 is 0 Å². The summed E-state index contributed by atoms with van der Waals surface area (Å²) in [4.78, 5) is 20.6. The third-order valence-electron chi connectivity index (χ3n) is 3.01. The third kappa shape index (κ3) is 2.37. The quantitative estimate of drug-likeness (QED) is 0.523. The molecule has 2 rings (SSSR count). The first-order valence-electron chi connectivity index (χ1n) is 5.54. The van der Waals surface area contributed by atoms with Crippen molar-refractivity contribution >= 4 is 23.2 Å². The van der Waals surface area contributed by atoms with Crippen LogP contribution in [0, 0.1) is 16.0 Å². The number of nitrogens with two attached hydrogens (primary N) is 1. The fraction of sp³-hybridized carbons (Fsp3) is 0.154. The van der Waals surface area contributed by atoms with Gasteiger partial charge in [0.2, 0.25) is 5.91 Å². The molecule has 2 atom stereocenters. The van der Waals surface area contributed by atoms with Crippen molar-refractivity contribution < 1.29 is 9.72 Å². The molecule has 19 heavy (non-hydrogen) atoms. The van der Waals surface area contributed by atoms with Crippen LogP contribution in [0.4, 0.5) is 5.69 Å². The van der Waals surface area contributed by atoms with Crippen molar-refractivity contribution in [3.05, 3.63) is 64.2 Å². The number of alkyl halides is 1. The van der Waals surface area contributed by atoms with E-state index in [2.05, 4.69) is 0 Å². The fourth-order valence-electron chi connectivity index (χ4n) is 2.05. The molecule has 0 aliphatic heterocycles. The number of allylic oxidation sites excluding steroid dienone is 3. The van der Waals surface area contributed by atoms with Gasteiger partial charge < -0.3 is 5.73 Å². The molecule has 2 N–H and O–H groups in total. The number of rotatable bonds is 3. The summed E-state index contributed by atoms with van der Waals surface area (Å²) in [6.07, 6.45) is 6.57. The monoisotopic (exact) mass is 278 g/mol. The second-order valence-corrected chi connectivity index (χ2v) is 4.82. The van der Waals surface area contributed by atoms with Gasteiger partial charge in [-0.05, 0) is 5.56 Å². The number of nitrogens with zero attached hydrogens (tertiary/aromatic N) is 1. The number of carbonyl (C=O) groups excluding carboxylic acids is 1. The standard InChI is InChI=1S/C13H11ClN2O3/c14-13(7-2-1-6-11(13)12(15)17)9-4-3-5-10(8-9)16(18)19/h1-8,11H,(H2,15,17). The minimum atomic E-state index is -1.19. The molecule has 1 aromatic carbocycles. The van der Waals surface area contributed by atoms with Crippen molar-refractivity contribution in [3.63, 3.8) is 0 Å². The number of non-ortho nitro benzene ring substituents is 1. The lowest BCUT2D eigenvalue weighted by atomic mass is 9.81. The van der Waals surface area contributed by atoms with Gasteiger partial charge in [0, 0.05) is 12.1 Å². The molecule has 1 aromatic rings. The highest BCUT2D eigenvalue weighted by Gasteiger charge is 2.40. The first kappa shape index (κ1) is 13.3. The number of primary amides is 1. The minimum Gasteiger partial charge on any atom is -0.369 e. The van der Waals surface area contributed by atoms with Gasteiger partial charge in [0.15, 0.2) is 0 Å². The highest BCUT2D eigenvalue weighted by Crippen LogP contribution is 2.42. The van der Waals surface area contributed by atoms with Crippen LogP contribution in [0.2, 0.25) is 0 Å². The Labute approximate surface area is 114 Å². The maximum absolute atomic E-state index is 11.5. The van der Waals surface area contributed by atoms with Gasteiger partial charge >= 0.3 is 0 Å². The molecule has 0 heterocycles. The van der Waals surface area contributed by atoms with Gasteiger partial charge in [-0.15, -0.1) is 11.6 Å². The van der Waals surface area contributed by atoms with Crippen LogP contribution in [0.3, 0.4) is 0 Å². The van der Waals surface area contributed by atoms with Crippen LogP contribution in [0.15, 0.2) is 48.6 Å². The molecule has 0 radical (unpaired) electrons. The van der Waals surface area contributed by atoms with E-state index in [9.17, 15) is 14.9 Å². The highest BCUT2D eigenvalue weighted by molar-refractivity contribution is 6.27. The lowest BCUT2D eigenvalue weighted by molar-refractivity contribution is -0.384. The molecule has 0 spiro atoms. The highest BCUT2D eigenvalue weighted by atomic mass is 35.5. The van der Waals surface area contributed by atoms with Gasteiger partial charge in [-0.2, -0.15) is 0 Å². The van der Waals surface area contributed by atoms with E-state index in [1.165, 1.54) is 18.2 Å². The zero-order valence-electron chi connectivity index (χ0n) is 9.82. The molecular formula is C13H11ClN2O3. The molecule has 98 valence electrons. The van der Waals surface area contributed by atoms with Crippen molar-refractivity contribution in [2.45, 2.75) is 4.87 Å². The number of benzene rings is 1. The van der Waals surface area contributed by atoms with Crippen LogP contribution in [0.1, 0.15) is 5.56 Å². The van der Waals surface area contributed by atoms with E-state index in [1.807, 2.05) is 0 Å². The SMILES string of the molecule is NC(=O)C1C=CC=CC1(Cl)c1cccc([N+](=O)[O-])c1. The average Bonchev–Trinajstić information content (AvgIpc) is 2.39. The molecule has 0 aromatic heterocycles. The topological polar surface area (TPSA) is 86.2 Å². The van der Waals surface area contributed by atoms with Crippen LogP contribution in [0.25, 0.3) is 0 Å². The van der Waals surface area contributed by atoms with Crippen molar-refractivity contribution in [2.75, 3.05) is 0 Å². The summed E-state index contributed by atoms with van der Waals surface area (Å²) in [5.41, 5.74) is 5.72. The van der Waals surface area contributed by atoms with Gasteiger partial charge in [-0.1, -0.05) is 36.4 Å². The Bertz CT molecular complexity index is 597. The van der Waals surface area contributed by atoms with Crippen molar-refractivity contribution in [2.24, 2.45) is 11.7 Å². The lowest BCUT2D eigenvalue weighted by Gasteiger charge is -2.31. The summed E-state index contributed by atoms with van der Waals surface area (Å²) in [5.74, 6) is -1.33. The molecule has 0 saturated carbocycles. The van der Waals surface area contributed by atoms with Crippen LogP contribution in [-0.4, -0.2) is 10.8 Å². The first-order valence-corrected chi connectivity index (χ1v) is 5.92. The predicted molar refractivity (Wildman–Crippen MR) is 71.6 cm³/mol. The molecule has 1 amide bonds. The van der Waals surface area contributed by atoms with Gasteiger partial charge in [-0.25, -0.2) is 0 Å². The maximum atomic E-state index is 11.5. The number of nitro groups is 1. The largest absolute Gasteiger partial charge is 0.369 e. The van der Waals surface area contributed by atoms with Crippen molar-refractivity contribution in [1.29, 1.82) is 0 Å². The van der Waals surface area contributed by atoms with Gasteiger partial charge in [-0.3, -0.25) is 14.9 Å². The summed E-state index contributed by atoms with van der Waals surface area (Å²) in [6.45, 7) is 0. The second kappa shape index (κ2) is 4.85. The molecule has 0 saturated heterocycles. The van der Waals surface area contributed by atoms with Crippen molar-refractivity contribution in [1.82, 2.24) is 0 Å². The van der Waals surface area contributed by atoms with Crippen LogP contribution in [0.5, 0.6) is 0 Å². The van der Waals surface area contributed by atoms with E-state index in [-0.39, 0.29) is 5.69 Å². The first-order chi connectivity index (χ1) is 8.95. The smallest absolute Gasteiger partial charge is 0.269 e. The summed E-state index contributed by atoms with van der Waals surface area (Å²) in [5, 5.41) is 10.8. The molecule has 0 bridgehead atoms. The van der Waals surface area contributed by atoms with E-state index in [0.29, 0.717) is 5.56 Å². The molecule has 0 fully saturated rings. The number of hydrogen-bond acceptors (Lipinski definition) is 3. The lowest BCUT2D eigenvalue weighted by Crippen LogP contribution is -2.37. The van der Waals surface area contributed by atoms with E-state index in [4.69, 9.17) is 17.3 Å². The summed E-state index contributed by atoms with van der Waals surface area (Å²) >= 11 is 6.48. The fourth-order valence-corrected chi connectivity index (χ4v) is 2.42. The third-order valence-corrected chi connectivity index (χ3v) is 3.59. The summed E-state index contributed by atoms with van der Waals surface area (Å²) < 4.78 is 0. The average molecular weight is 279 g/mol. The molecule has 1 aliphatic rings. The van der Waals surface area contributed by atoms with Crippen LogP contribution < -0.4 is 5.73 Å². The Morgan fingerprint density at radius 2 is 2.16 bits per heavy atom. The molecular weight excluding hydrogens is 268 g/mol. The Balaban J connectivity index is 2.51. The maximum Gasteiger partial charge on any atom is 0.269 e. The van der Waals surface area contributed by atoms with Crippen LogP contribution in [-0.2, 0) is 9.67 Å². The van der Waals surface area contributed by atoms with E-state index in [1.54, 1.807) is 30.4 Å². The van der Waals surface area contributed by atoms with Gasteiger partial charge in [0.1, 0.15) is 4.87 Å². The summed E-state index contributed by atoms with van der Waals surface area (Å²) in [7, 11) is 0. The predicted octanol–water partition coefficient (Wildman–Crippen LogP) is 2.26. The Morgan fingerprint density at radius 1 is 1.42 bits per heavy atom. The minimum absolute atomic E-state index is 0.0799.